The van der Waals surface area contributed by atoms with Gasteiger partial charge in [-0.05, 0) is 12.5 Å². The standard InChI is InChI=1S/C10H11NO5/c12-10(13)6-3-7-16-9-5-2-1-4-8(9)11(14)15/h1-2,4-5H,3,6-7H2,(H,12,13). The van der Waals surface area contributed by atoms with E-state index in [9.17, 15) is 14.9 Å². The number of ether oxygens (including phenoxy) is 1. The lowest BCUT2D eigenvalue weighted by Gasteiger charge is -2.04. The second-order valence-electron chi connectivity index (χ2n) is 3.07. The molecule has 0 fully saturated rings. The number of hydrogen-bond donors (Lipinski definition) is 1. The lowest BCUT2D eigenvalue weighted by molar-refractivity contribution is -0.385. The van der Waals surface area contributed by atoms with Crippen LogP contribution in [0.2, 0.25) is 0 Å². The Labute approximate surface area is 91.6 Å². The molecular formula is C10H11NO5. The average molecular weight is 225 g/mol. The Hall–Kier alpha value is -2.11. The number of nitro benzene ring substituents is 1. The molecule has 0 aliphatic rings. The molecule has 0 unspecified atom stereocenters. The van der Waals surface area contributed by atoms with Gasteiger partial charge in [0.1, 0.15) is 0 Å². The molecule has 0 saturated heterocycles. The summed E-state index contributed by atoms with van der Waals surface area (Å²) in [6.07, 6.45) is 0.308. The van der Waals surface area contributed by atoms with Gasteiger partial charge in [-0.3, -0.25) is 14.9 Å². The lowest BCUT2D eigenvalue weighted by atomic mass is 10.3. The molecule has 0 aliphatic heterocycles. The molecule has 0 radical (unpaired) electrons. The van der Waals surface area contributed by atoms with Crippen LogP contribution >= 0.6 is 0 Å². The van der Waals surface area contributed by atoms with Crippen LogP contribution in [0.25, 0.3) is 0 Å². The maximum absolute atomic E-state index is 10.6. The Morgan fingerprint density at radius 1 is 1.44 bits per heavy atom. The maximum atomic E-state index is 10.6. The molecular weight excluding hydrogens is 214 g/mol. The van der Waals surface area contributed by atoms with E-state index in [2.05, 4.69) is 0 Å². The largest absolute Gasteiger partial charge is 0.487 e. The number of para-hydroxylation sites is 2. The second-order valence-corrected chi connectivity index (χ2v) is 3.07. The lowest BCUT2D eigenvalue weighted by Crippen LogP contribution is -2.03. The molecule has 1 aromatic carbocycles. The number of nitro groups is 1. The zero-order chi connectivity index (χ0) is 12.0. The fourth-order valence-electron chi connectivity index (χ4n) is 1.14. The first-order chi connectivity index (χ1) is 7.61. The van der Waals surface area contributed by atoms with Gasteiger partial charge in [0.2, 0.25) is 0 Å². The molecule has 16 heavy (non-hydrogen) atoms. The summed E-state index contributed by atoms with van der Waals surface area (Å²) in [5, 5.41) is 19.0. The van der Waals surface area contributed by atoms with Crippen molar-refractivity contribution in [1.29, 1.82) is 0 Å². The summed E-state index contributed by atoms with van der Waals surface area (Å²) in [5.74, 6) is -0.746. The van der Waals surface area contributed by atoms with Crippen LogP contribution < -0.4 is 4.74 Å². The van der Waals surface area contributed by atoms with E-state index in [1.165, 1.54) is 12.1 Å². The first kappa shape index (κ1) is 12.0. The van der Waals surface area contributed by atoms with Crippen LogP contribution in [0.3, 0.4) is 0 Å². The predicted molar refractivity (Wildman–Crippen MR) is 55.5 cm³/mol. The molecule has 86 valence electrons. The number of carbonyl (C=O) groups is 1. The van der Waals surface area contributed by atoms with Gasteiger partial charge < -0.3 is 9.84 Å². The number of benzene rings is 1. The molecule has 0 bridgehead atoms. The predicted octanol–water partition coefficient (Wildman–Crippen LogP) is 1.84. The Morgan fingerprint density at radius 2 is 2.12 bits per heavy atom. The van der Waals surface area contributed by atoms with Crippen molar-refractivity contribution < 1.29 is 19.6 Å². The van der Waals surface area contributed by atoms with E-state index in [-0.39, 0.29) is 24.5 Å². The van der Waals surface area contributed by atoms with Gasteiger partial charge in [-0.1, -0.05) is 12.1 Å². The van der Waals surface area contributed by atoms with Crippen LogP contribution in [0.1, 0.15) is 12.8 Å². The van der Waals surface area contributed by atoms with E-state index in [0.29, 0.717) is 6.42 Å². The van der Waals surface area contributed by atoms with E-state index < -0.39 is 10.9 Å². The summed E-state index contributed by atoms with van der Waals surface area (Å²) in [6, 6.07) is 5.99. The minimum absolute atomic E-state index is 0.0133. The molecule has 1 N–H and O–H groups in total. The molecule has 0 amide bonds. The van der Waals surface area contributed by atoms with Crippen molar-refractivity contribution in [3.63, 3.8) is 0 Å². The SMILES string of the molecule is O=C(O)CCCOc1ccccc1[N+](=O)[O-]. The van der Waals surface area contributed by atoms with Crippen LogP contribution in [0.5, 0.6) is 5.75 Å². The van der Waals surface area contributed by atoms with E-state index in [1.807, 2.05) is 0 Å². The van der Waals surface area contributed by atoms with Gasteiger partial charge >= 0.3 is 11.7 Å². The highest BCUT2D eigenvalue weighted by molar-refractivity contribution is 5.66. The number of carboxylic acids is 1. The van der Waals surface area contributed by atoms with Gasteiger partial charge in [-0.15, -0.1) is 0 Å². The summed E-state index contributed by atoms with van der Waals surface area (Å²) < 4.78 is 5.14. The Balaban J connectivity index is 2.53. The maximum Gasteiger partial charge on any atom is 0.310 e. The molecule has 0 atom stereocenters. The van der Waals surface area contributed by atoms with Crippen molar-refractivity contribution in [3.05, 3.63) is 34.4 Å². The molecule has 1 rings (SSSR count). The molecule has 0 spiro atoms. The molecule has 0 aliphatic carbocycles. The van der Waals surface area contributed by atoms with Crippen LogP contribution in [0.15, 0.2) is 24.3 Å². The summed E-state index contributed by atoms with van der Waals surface area (Å²) in [6.45, 7) is 0.150. The van der Waals surface area contributed by atoms with Gasteiger partial charge in [-0.25, -0.2) is 0 Å². The van der Waals surface area contributed by atoms with Crippen LogP contribution in [0.4, 0.5) is 5.69 Å². The molecule has 0 heterocycles. The van der Waals surface area contributed by atoms with Crippen molar-refractivity contribution in [2.75, 3.05) is 6.61 Å². The summed E-state index contributed by atoms with van der Waals surface area (Å²) in [5.41, 5.74) is -0.113. The monoisotopic (exact) mass is 225 g/mol. The fraction of sp³-hybridized carbons (Fsp3) is 0.300. The van der Waals surface area contributed by atoms with Crippen molar-refractivity contribution in [1.82, 2.24) is 0 Å². The first-order valence-corrected chi connectivity index (χ1v) is 4.69. The minimum atomic E-state index is -0.911. The highest BCUT2D eigenvalue weighted by atomic mass is 16.6. The number of hydrogen-bond acceptors (Lipinski definition) is 4. The average Bonchev–Trinajstić information content (AvgIpc) is 2.24. The zero-order valence-corrected chi connectivity index (χ0v) is 8.46. The smallest absolute Gasteiger partial charge is 0.310 e. The van der Waals surface area contributed by atoms with E-state index in [0.717, 1.165) is 0 Å². The topological polar surface area (TPSA) is 89.7 Å². The third kappa shape index (κ3) is 3.56. The van der Waals surface area contributed by atoms with Crippen molar-refractivity contribution in [3.8, 4) is 5.75 Å². The summed E-state index contributed by atoms with van der Waals surface area (Å²) >= 11 is 0. The molecule has 0 saturated carbocycles. The third-order valence-corrected chi connectivity index (χ3v) is 1.85. The number of rotatable bonds is 6. The molecule has 6 heteroatoms. The number of nitrogens with zero attached hydrogens (tertiary/aromatic N) is 1. The molecule has 1 aromatic rings. The summed E-state index contributed by atoms with van der Waals surface area (Å²) in [4.78, 5) is 20.3. The van der Waals surface area contributed by atoms with Crippen molar-refractivity contribution in [2.24, 2.45) is 0 Å². The van der Waals surface area contributed by atoms with Gasteiger partial charge in [0, 0.05) is 12.5 Å². The minimum Gasteiger partial charge on any atom is -0.487 e. The zero-order valence-electron chi connectivity index (χ0n) is 8.46. The quantitative estimate of drug-likeness (QED) is 0.453. The molecule has 6 nitrogen and oxygen atoms in total. The molecule has 0 aromatic heterocycles. The van der Waals surface area contributed by atoms with Crippen LogP contribution in [0, 0.1) is 10.1 Å². The summed E-state index contributed by atoms with van der Waals surface area (Å²) in [7, 11) is 0. The highest BCUT2D eigenvalue weighted by Gasteiger charge is 2.13. The Morgan fingerprint density at radius 3 is 2.75 bits per heavy atom. The van der Waals surface area contributed by atoms with E-state index in [4.69, 9.17) is 9.84 Å². The van der Waals surface area contributed by atoms with Crippen LogP contribution in [-0.2, 0) is 4.79 Å². The van der Waals surface area contributed by atoms with Gasteiger partial charge in [-0.2, -0.15) is 0 Å². The van der Waals surface area contributed by atoms with Gasteiger partial charge in [0.25, 0.3) is 0 Å². The van der Waals surface area contributed by atoms with Crippen molar-refractivity contribution in [2.45, 2.75) is 12.8 Å². The van der Waals surface area contributed by atoms with E-state index in [1.54, 1.807) is 12.1 Å². The number of aliphatic carboxylic acids is 1. The Kier molecular flexibility index (Phi) is 4.26. The van der Waals surface area contributed by atoms with Gasteiger partial charge in [0.05, 0.1) is 11.5 Å². The number of carboxylic acid groups (broad SMARTS) is 1. The van der Waals surface area contributed by atoms with Crippen LogP contribution in [-0.4, -0.2) is 22.6 Å². The van der Waals surface area contributed by atoms with Crippen molar-refractivity contribution >= 4 is 11.7 Å². The Bertz CT molecular complexity index is 391. The van der Waals surface area contributed by atoms with Gasteiger partial charge in [0.15, 0.2) is 5.75 Å². The first-order valence-electron chi connectivity index (χ1n) is 4.69. The third-order valence-electron chi connectivity index (χ3n) is 1.85. The normalized spacial score (nSPS) is 9.75. The highest BCUT2D eigenvalue weighted by Crippen LogP contribution is 2.25. The fourth-order valence-corrected chi connectivity index (χ4v) is 1.14. The van der Waals surface area contributed by atoms with E-state index >= 15 is 0 Å². The second kappa shape index (κ2) is 5.69.